The lowest BCUT2D eigenvalue weighted by atomic mass is 10.2. The van der Waals surface area contributed by atoms with Crippen molar-refractivity contribution < 1.29 is 19.0 Å². The normalized spacial score (nSPS) is 10.1. The zero-order chi connectivity index (χ0) is 14.3. The summed E-state index contributed by atoms with van der Waals surface area (Å²) in [6, 6.07) is 3.14. The number of methoxy groups -OCH3 is 3. The number of carbonyl (C=O) groups is 1. The third kappa shape index (κ3) is 4.29. The van der Waals surface area contributed by atoms with Crippen LogP contribution in [0.2, 0.25) is 5.02 Å². The van der Waals surface area contributed by atoms with Crippen LogP contribution >= 0.6 is 11.6 Å². The second-order valence-electron chi connectivity index (χ2n) is 3.80. The predicted molar refractivity (Wildman–Crippen MR) is 73.4 cm³/mol. The van der Waals surface area contributed by atoms with Crippen LogP contribution in [0.25, 0.3) is 0 Å². The van der Waals surface area contributed by atoms with Gasteiger partial charge >= 0.3 is 0 Å². The number of halogens is 1. The summed E-state index contributed by atoms with van der Waals surface area (Å²) in [6.45, 7) is 1.14. The Morgan fingerprint density at radius 1 is 1.26 bits per heavy atom. The van der Waals surface area contributed by atoms with E-state index in [1.165, 1.54) is 14.2 Å². The highest BCUT2D eigenvalue weighted by atomic mass is 35.5. The summed E-state index contributed by atoms with van der Waals surface area (Å²) in [6.07, 6.45) is 0.753. The van der Waals surface area contributed by atoms with Crippen LogP contribution in [0.3, 0.4) is 0 Å². The van der Waals surface area contributed by atoms with Crippen LogP contribution in [0.1, 0.15) is 16.8 Å². The van der Waals surface area contributed by atoms with Crippen LogP contribution in [0, 0.1) is 0 Å². The van der Waals surface area contributed by atoms with E-state index in [2.05, 4.69) is 5.32 Å². The van der Waals surface area contributed by atoms with Gasteiger partial charge in [0.15, 0.2) is 11.5 Å². The Bertz CT molecular complexity index is 437. The van der Waals surface area contributed by atoms with Crippen molar-refractivity contribution in [3.8, 4) is 11.5 Å². The van der Waals surface area contributed by atoms with Crippen molar-refractivity contribution in [2.75, 3.05) is 34.5 Å². The minimum absolute atomic E-state index is 0.209. The molecule has 0 heterocycles. The van der Waals surface area contributed by atoms with Crippen molar-refractivity contribution in [2.24, 2.45) is 0 Å². The number of rotatable bonds is 7. The van der Waals surface area contributed by atoms with Gasteiger partial charge in [-0.05, 0) is 18.6 Å². The van der Waals surface area contributed by atoms with E-state index in [0.717, 1.165) is 6.42 Å². The fourth-order valence-electron chi connectivity index (χ4n) is 1.57. The molecule has 0 aliphatic rings. The first kappa shape index (κ1) is 15.6. The molecule has 1 aromatic rings. The molecule has 0 fully saturated rings. The van der Waals surface area contributed by atoms with Crippen molar-refractivity contribution >= 4 is 17.5 Å². The Kier molecular flexibility index (Phi) is 6.45. The van der Waals surface area contributed by atoms with E-state index in [4.69, 9.17) is 25.8 Å². The van der Waals surface area contributed by atoms with Crippen LogP contribution in [0.5, 0.6) is 11.5 Å². The fraction of sp³-hybridized carbons (Fsp3) is 0.462. The first-order chi connectivity index (χ1) is 9.13. The van der Waals surface area contributed by atoms with Crippen molar-refractivity contribution in [1.29, 1.82) is 0 Å². The van der Waals surface area contributed by atoms with Gasteiger partial charge in [0.25, 0.3) is 5.91 Å². The highest BCUT2D eigenvalue weighted by Crippen LogP contribution is 2.35. The van der Waals surface area contributed by atoms with Gasteiger partial charge in [-0.1, -0.05) is 11.6 Å². The van der Waals surface area contributed by atoms with Crippen LogP contribution in [0.15, 0.2) is 12.1 Å². The Hall–Kier alpha value is -1.46. The first-order valence-electron chi connectivity index (χ1n) is 5.82. The van der Waals surface area contributed by atoms with Crippen molar-refractivity contribution in [3.05, 3.63) is 22.7 Å². The third-order valence-corrected chi connectivity index (χ3v) is 2.79. The van der Waals surface area contributed by atoms with Gasteiger partial charge in [0.05, 0.1) is 19.2 Å². The fourth-order valence-corrected chi connectivity index (χ4v) is 1.86. The SMILES string of the molecule is COCCCNC(=O)c1cc(Cl)c(OC)c(OC)c1. The molecule has 0 atom stereocenters. The molecule has 0 saturated heterocycles. The highest BCUT2D eigenvalue weighted by molar-refractivity contribution is 6.32. The van der Waals surface area contributed by atoms with Crippen molar-refractivity contribution in [1.82, 2.24) is 5.32 Å². The topological polar surface area (TPSA) is 56.8 Å². The molecule has 1 aromatic carbocycles. The van der Waals surface area contributed by atoms with Gasteiger partial charge in [0.2, 0.25) is 0 Å². The highest BCUT2D eigenvalue weighted by Gasteiger charge is 2.14. The van der Waals surface area contributed by atoms with Crippen molar-refractivity contribution in [2.45, 2.75) is 6.42 Å². The molecule has 0 unspecified atom stereocenters. The van der Waals surface area contributed by atoms with E-state index in [1.807, 2.05) is 0 Å². The van der Waals surface area contributed by atoms with Crippen molar-refractivity contribution in [3.63, 3.8) is 0 Å². The number of amides is 1. The average Bonchev–Trinajstić information content (AvgIpc) is 2.42. The second-order valence-corrected chi connectivity index (χ2v) is 4.20. The molecule has 0 saturated carbocycles. The molecule has 0 spiro atoms. The summed E-state index contributed by atoms with van der Waals surface area (Å²) in [4.78, 5) is 11.9. The average molecular weight is 288 g/mol. The van der Waals surface area contributed by atoms with Crippen LogP contribution in [-0.4, -0.2) is 40.4 Å². The standard InChI is InChI=1S/C13H18ClNO4/c1-17-6-4-5-15-13(16)9-7-10(14)12(19-3)11(8-9)18-2/h7-8H,4-6H2,1-3H3,(H,15,16). The third-order valence-electron chi connectivity index (χ3n) is 2.51. The smallest absolute Gasteiger partial charge is 0.251 e. The Balaban J connectivity index is 2.77. The molecule has 0 bridgehead atoms. The first-order valence-corrected chi connectivity index (χ1v) is 6.20. The maximum Gasteiger partial charge on any atom is 0.251 e. The van der Waals surface area contributed by atoms with E-state index >= 15 is 0 Å². The lowest BCUT2D eigenvalue weighted by Gasteiger charge is -2.11. The molecule has 0 aromatic heterocycles. The summed E-state index contributed by atoms with van der Waals surface area (Å²) in [5, 5.41) is 3.11. The van der Waals surface area contributed by atoms with Gasteiger partial charge in [-0.3, -0.25) is 4.79 Å². The lowest BCUT2D eigenvalue weighted by molar-refractivity contribution is 0.0948. The Morgan fingerprint density at radius 2 is 2.00 bits per heavy atom. The van der Waals surface area contributed by atoms with Crippen LogP contribution < -0.4 is 14.8 Å². The van der Waals surface area contributed by atoms with Gasteiger partial charge in [-0.2, -0.15) is 0 Å². The molecule has 0 radical (unpaired) electrons. The molecule has 0 aliphatic carbocycles. The molecular weight excluding hydrogens is 270 g/mol. The number of hydrogen-bond acceptors (Lipinski definition) is 4. The van der Waals surface area contributed by atoms with Gasteiger partial charge in [0.1, 0.15) is 0 Å². The minimum atomic E-state index is -0.209. The maximum absolute atomic E-state index is 11.9. The summed E-state index contributed by atoms with van der Waals surface area (Å²) in [5.74, 6) is 0.635. The molecule has 5 nitrogen and oxygen atoms in total. The monoisotopic (exact) mass is 287 g/mol. The zero-order valence-electron chi connectivity index (χ0n) is 11.3. The minimum Gasteiger partial charge on any atom is -0.493 e. The van der Waals surface area contributed by atoms with E-state index < -0.39 is 0 Å². The number of carbonyl (C=O) groups excluding carboxylic acids is 1. The van der Waals surface area contributed by atoms with Crippen LogP contribution in [-0.2, 0) is 4.74 Å². The van der Waals surface area contributed by atoms with E-state index in [-0.39, 0.29) is 5.91 Å². The molecule has 106 valence electrons. The van der Waals surface area contributed by atoms with E-state index in [9.17, 15) is 4.79 Å². The number of hydrogen-bond donors (Lipinski definition) is 1. The molecule has 19 heavy (non-hydrogen) atoms. The molecular formula is C13H18ClNO4. The van der Waals surface area contributed by atoms with Gasteiger partial charge in [-0.15, -0.1) is 0 Å². The largest absolute Gasteiger partial charge is 0.493 e. The number of ether oxygens (including phenoxy) is 3. The molecule has 0 aliphatic heterocycles. The number of benzene rings is 1. The Morgan fingerprint density at radius 3 is 2.58 bits per heavy atom. The predicted octanol–water partition coefficient (Wildman–Crippen LogP) is 2.12. The van der Waals surface area contributed by atoms with Gasteiger partial charge in [-0.25, -0.2) is 0 Å². The second kappa shape index (κ2) is 7.86. The van der Waals surface area contributed by atoms with E-state index in [1.54, 1.807) is 19.2 Å². The van der Waals surface area contributed by atoms with E-state index in [0.29, 0.717) is 35.2 Å². The maximum atomic E-state index is 11.9. The zero-order valence-corrected chi connectivity index (χ0v) is 12.0. The summed E-state index contributed by atoms with van der Waals surface area (Å²) in [5.41, 5.74) is 0.431. The lowest BCUT2D eigenvalue weighted by Crippen LogP contribution is -2.25. The summed E-state index contributed by atoms with van der Waals surface area (Å²) >= 11 is 6.04. The number of nitrogens with one attached hydrogen (secondary N) is 1. The van der Waals surface area contributed by atoms with Crippen LogP contribution in [0.4, 0.5) is 0 Å². The molecule has 1 amide bonds. The molecule has 6 heteroatoms. The van der Waals surface area contributed by atoms with Gasteiger partial charge in [0, 0.05) is 25.8 Å². The molecule has 1 N–H and O–H groups in total. The summed E-state index contributed by atoms with van der Waals surface area (Å²) in [7, 11) is 4.61. The summed E-state index contributed by atoms with van der Waals surface area (Å²) < 4.78 is 15.2. The Labute approximate surface area is 117 Å². The molecule has 1 rings (SSSR count). The quantitative estimate of drug-likeness (QED) is 0.781. The van der Waals surface area contributed by atoms with Gasteiger partial charge < -0.3 is 19.5 Å².